The van der Waals surface area contributed by atoms with Crippen LogP contribution in [-0.2, 0) is 0 Å². The minimum absolute atomic E-state index is 0.303. The molecule has 0 amide bonds. The molecular weight excluding hydrogens is 283 g/mol. The molecule has 0 saturated heterocycles. The highest BCUT2D eigenvalue weighted by Crippen LogP contribution is 2.30. The van der Waals surface area contributed by atoms with Crippen molar-refractivity contribution >= 4 is 15.9 Å². The number of aliphatic hydroxyl groups is 1. The fourth-order valence-corrected chi connectivity index (χ4v) is 2.03. The van der Waals surface area contributed by atoms with Crippen LogP contribution in [0.15, 0.2) is 46.9 Å². The topological polar surface area (TPSA) is 20.2 Å². The molecule has 0 spiro atoms. The molecule has 0 heterocycles. The Bertz CT molecular complexity index is 537. The number of aliphatic hydroxyl groups excluding tert-OH is 1. The Hall–Kier alpha value is -1.19. The van der Waals surface area contributed by atoms with Gasteiger partial charge in [0.1, 0.15) is 5.82 Å². The van der Waals surface area contributed by atoms with Crippen molar-refractivity contribution in [2.24, 2.45) is 0 Å². The Kier molecular flexibility index (Phi) is 3.60. The molecule has 17 heavy (non-hydrogen) atoms. The third-order valence-corrected chi connectivity index (χ3v) is 3.28. The van der Waals surface area contributed by atoms with E-state index in [1.54, 1.807) is 13.0 Å². The highest BCUT2D eigenvalue weighted by Gasteiger charge is 2.10. The first-order valence-electron chi connectivity index (χ1n) is 5.32. The van der Waals surface area contributed by atoms with Gasteiger partial charge in [-0.15, -0.1) is 0 Å². The lowest BCUT2D eigenvalue weighted by Crippen LogP contribution is -1.95. The van der Waals surface area contributed by atoms with E-state index in [-0.39, 0.29) is 5.82 Å². The van der Waals surface area contributed by atoms with E-state index >= 15 is 0 Å². The minimum atomic E-state index is -0.571. The third kappa shape index (κ3) is 2.56. The molecule has 1 unspecified atom stereocenters. The molecule has 1 nitrogen and oxygen atoms in total. The molecule has 0 fully saturated rings. The molecular formula is C14H12BrFO. The van der Waals surface area contributed by atoms with Gasteiger partial charge in [-0.1, -0.05) is 30.3 Å². The van der Waals surface area contributed by atoms with Crippen LogP contribution in [-0.4, -0.2) is 5.11 Å². The van der Waals surface area contributed by atoms with Gasteiger partial charge in [-0.25, -0.2) is 4.39 Å². The van der Waals surface area contributed by atoms with Gasteiger partial charge < -0.3 is 5.11 Å². The summed E-state index contributed by atoms with van der Waals surface area (Å²) in [5.74, 6) is -0.303. The zero-order valence-electron chi connectivity index (χ0n) is 9.32. The predicted octanol–water partition coefficient (Wildman–Crippen LogP) is 4.31. The van der Waals surface area contributed by atoms with Crippen molar-refractivity contribution in [1.29, 1.82) is 0 Å². The summed E-state index contributed by atoms with van der Waals surface area (Å²) in [6, 6.07) is 12.4. The average molecular weight is 295 g/mol. The molecule has 0 radical (unpaired) electrons. The first-order valence-corrected chi connectivity index (χ1v) is 6.11. The van der Waals surface area contributed by atoms with Crippen LogP contribution in [0.3, 0.4) is 0 Å². The van der Waals surface area contributed by atoms with Crippen molar-refractivity contribution in [2.45, 2.75) is 13.0 Å². The van der Waals surface area contributed by atoms with Crippen LogP contribution in [0.1, 0.15) is 18.6 Å². The third-order valence-electron chi connectivity index (χ3n) is 2.64. The van der Waals surface area contributed by atoms with Crippen LogP contribution >= 0.6 is 15.9 Å². The molecule has 2 aromatic rings. The molecule has 0 bridgehead atoms. The van der Waals surface area contributed by atoms with Crippen molar-refractivity contribution in [3.8, 4) is 11.1 Å². The summed E-state index contributed by atoms with van der Waals surface area (Å²) in [6.45, 7) is 1.70. The molecule has 0 aliphatic rings. The van der Waals surface area contributed by atoms with Crippen molar-refractivity contribution in [3.63, 3.8) is 0 Å². The van der Waals surface area contributed by atoms with Gasteiger partial charge >= 0.3 is 0 Å². The Morgan fingerprint density at radius 1 is 1.18 bits per heavy atom. The van der Waals surface area contributed by atoms with E-state index in [0.717, 1.165) is 16.7 Å². The number of rotatable bonds is 2. The zero-order chi connectivity index (χ0) is 12.4. The van der Waals surface area contributed by atoms with Gasteiger partial charge in [0.2, 0.25) is 0 Å². The van der Waals surface area contributed by atoms with E-state index in [9.17, 15) is 9.50 Å². The summed E-state index contributed by atoms with van der Waals surface area (Å²) in [5, 5.41) is 9.69. The lowest BCUT2D eigenvalue weighted by atomic mass is 9.97. The van der Waals surface area contributed by atoms with E-state index in [1.807, 2.05) is 30.3 Å². The van der Waals surface area contributed by atoms with Crippen LogP contribution < -0.4 is 0 Å². The molecule has 1 atom stereocenters. The Morgan fingerprint density at radius 2 is 1.88 bits per heavy atom. The Labute approximate surface area is 108 Å². The summed E-state index contributed by atoms with van der Waals surface area (Å²) in [6.07, 6.45) is -0.571. The van der Waals surface area contributed by atoms with Crippen molar-refractivity contribution in [3.05, 3.63) is 58.3 Å². The molecule has 2 aromatic carbocycles. The maximum absolute atomic E-state index is 13.5. The van der Waals surface area contributed by atoms with Gasteiger partial charge in [0.15, 0.2) is 0 Å². The summed E-state index contributed by atoms with van der Waals surface area (Å²) >= 11 is 3.12. The van der Waals surface area contributed by atoms with Gasteiger partial charge in [0.25, 0.3) is 0 Å². The number of benzene rings is 2. The van der Waals surface area contributed by atoms with E-state index in [1.165, 1.54) is 6.07 Å². The van der Waals surface area contributed by atoms with Crippen LogP contribution in [0.4, 0.5) is 4.39 Å². The van der Waals surface area contributed by atoms with Crippen LogP contribution in [0, 0.1) is 5.82 Å². The average Bonchev–Trinajstić information content (AvgIpc) is 2.32. The van der Waals surface area contributed by atoms with Gasteiger partial charge in [-0.3, -0.25) is 0 Å². The van der Waals surface area contributed by atoms with Gasteiger partial charge in [0.05, 0.1) is 10.6 Å². The first-order chi connectivity index (χ1) is 8.09. The summed E-state index contributed by atoms with van der Waals surface area (Å²) in [5.41, 5.74) is 2.42. The quantitative estimate of drug-likeness (QED) is 0.875. The van der Waals surface area contributed by atoms with Crippen LogP contribution in [0.25, 0.3) is 11.1 Å². The van der Waals surface area contributed by atoms with Crippen LogP contribution in [0.2, 0.25) is 0 Å². The summed E-state index contributed by atoms with van der Waals surface area (Å²) in [4.78, 5) is 0. The SMILES string of the molecule is CC(O)c1ccccc1-c1ccc(Br)c(F)c1. The summed E-state index contributed by atoms with van der Waals surface area (Å²) in [7, 11) is 0. The van der Waals surface area contributed by atoms with Crippen LogP contribution in [0.5, 0.6) is 0 Å². The Balaban J connectivity index is 2.56. The zero-order valence-corrected chi connectivity index (χ0v) is 10.9. The van der Waals surface area contributed by atoms with E-state index in [2.05, 4.69) is 15.9 Å². The minimum Gasteiger partial charge on any atom is -0.389 e. The lowest BCUT2D eigenvalue weighted by Gasteiger charge is -2.12. The largest absolute Gasteiger partial charge is 0.389 e. The van der Waals surface area contributed by atoms with E-state index in [4.69, 9.17) is 0 Å². The molecule has 0 aliphatic heterocycles. The lowest BCUT2D eigenvalue weighted by molar-refractivity contribution is 0.200. The Morgan fingerprint density at radius 3 is 2.53 bits per heavy atom. The second kappa shape index (κ2) is 4.98. The van der Waals surface area contributed by atoms with Crippen molar-refractivity contribution in [2.75, 3.05) is 0 Å². The highest BCUT2D eigenvalue weighted by molar-refractivity contribution is 9.10. The second-order valence-electron chi connectivity index (χ2n) is 3.89. The molecule has 88 valence electrons. The number of halogens is 2. The number of hydrogen-bond acceptors (Lipinski definition) is 1. The fraction of sp³-hybridized carbons (Fsp3) is 0.143. The monoisotopic (exact) mass is 294 g/mol. The predicted molar refractivity (Wildman–Crippen MR) is 70.2 cm³/mol. The second-order valence-corrected chi connectivity index (χ2v) is 4.75. The maximum atomic E-state index is 13.5. The molecule has 0 aliphatic carbocycles. The van der Waals surface area contributed by atoms with E-state index in [0.29, 0.717) is 4.47 Å². The first kappa shape index (κ1) is 12.3. The summed E-state index contributed by atoms with van der Waals surface area (Å²) < 4.78 is 13.9. The van der Waals surface area contributed by atoms with Crippen molar-refractivity contribution in [1.82, 2.24) is 0 Å². The maximum Gasteiger partial charge on any atom is 0.137 e. The highest BCUT2D eigenvalue weighted by atomic mass is 79.9. The molecule has 0 aromatic heterocycles. The van der Waals surface area contributed by atoms with Gasteiger partial charge in [-0.2, -0.15) is 0 Å². The molecule has 3 heteroatoms. The fourth-order valence-electron chi connectivity index (χ4n) is 1.79. The molecule has 0 saturated carbocycles. The van der Waals surface area contributed by atoms with Crippen molar-refractivity contribution < 1.29 is 9.50 Å². The van der Waals surface area contributed by atoms with Gasteiger partial charge in [-0.05, 0) is 51.7 Å². The smallest absolute Gasteiger partial charge is 0.137 e. The van der Waals surface area contributed by atoms with Gasteiger partial charge in [0, 0.05) is 0 Å². The standard InChI is InChI=1S/C14H12BrFO/c1-9(17)11-4-2-3-5-12(11)10-6-7-13(15)14(16)8-10/h2-9,17H,1H3. The molecule has 2 rings (SSSR count). The normalized spacial score (nSPS) is 12.5. The number of hydrogen-bond donors (Lipinski definition) is 1. The molecule has 1 N–H and O–H groups in total. The van der Waals surface area contributed by atoms with E-state index < -0.39 is 6.10 Å².